The number of amides is 1. The number of sulfone groups is 2. The summed E-state index contributed by atoms with van der Waals surface area (Å²) >= 11 is 0. The highest BCUT2D eigenvalue weighted by molar-refractivity contribution is 7.91. The molecule has 0 bridgehead atoms. The van der Waals surface area contributed by atoms with Gasteiger partial charge in [-0.3, -0.25) is 4.79 Å². The Bertz CT molecular complexity index is 781. The molecule has 21 heavy (non-hydrogen) atoms. The first-order valence-corrected chi connectivity index (χ1v) is 10.1. The van der Waals surface area contributed by atoms with E-state index in [1.807, 2.05) is 0 Å². The van der Waals surface area contributed by atoms with Crippen LogP contribution in [0.3, 0.4) is 0 Å². The first-order valence-electron chi connectivity index (χ1n) is 6.40. The van der Waals surface area contributed by atoms with Crippen LogP contribution >= 0.6 is 0 Å². The lowest BCUT2D eigenvalue weighted by Gasteiger charge is -2.12. The SMILES string of the molecule is Cc1ccc(S(C)(=O)=O)cc1NC(=O)[C@H]1CCS(=O)(=O)C1. The average Bonchev–Trinajstić information content (AvgIpc) is 2.71. The van der Waals surface area contributed by atoms with Gasteiger partial charge in [0.2, 0.25) is 5.91 Å². The molecule has 1 aromatic rings. The van der Waals surface area contributed by atoms with Crippen molar-refractivity contribution >= 4 is 31.3 Å². The molecule has 1 aliphatic heterocycles. The number of carbonyl (C=O) groups is 1. The molecule has 1 aliphatic rings. The molecular weight excluding hydrogens is 314 g/mol. The number of hydrogen-bond acceptors (Lipinski definition) is 5. The van der Waals surface area contributed by atoms with Gasteiger partial charge in [0.15, 0.2) is 19.7 Å². The minimum absolute atomic E-state index is 0.0213. The fourth-order valence-electron chi connectivity index (χ4n) is 2.20. The van der Waals surface area contributed by atoms with E-state index in [0.717, 1.165) is 11.8 Å². The zero-order valence-electron chi connectivity index (χ0n) is 11.8. The van der Waals surface area contributed by atoms with E-state index in [4.69, 9.17) is 0 Å². The highest BCUT2D eigenvalue weighted by Crippen LogP contribution is 2.24. The van der Waals surface area contributed by atoms with Crippen LogP contribution in [0.5, 0.6) is 0 Å². The fourth-order valence-corrected chi connectivity index (χ4v) is 4.59. The second kappa shape index (κ2) is 5.42. The normalized spacial score (nSPS) is 21.1. The van der Waals surface area contributed by atoms with Crippen molar-refractivity contribution in [2.75, 3.05) is 23.1 Å². The third-order valence-electron chi connectivity index (χ3n) is 3.50. The van der Waals surface area contributed by atoms with Crippen LogP contribution < -0.4 is 5.32 Å². The van der Waals surface area contributed by atoms with Crippen molar-refractivity contribution < 1.29 is 21.6 Å². The summed E-state index contributed by atoms with van der Waals surface area (Å²) in [6.45, 7) is 1.74. The lowest BCUT2D eigenvalue weighted by molar-refractivity contribution is -0.119. The molecule has 1 amide bonds. The van der Waals surface area contributed by atoms with E-state index in [9.17, 15) is 21.6 Å². The second-order valence-corrected chi connectivity index (χ2v) is 9.58. The Balaban J connectivity index is 2.22. The van der Waals surface area contributed by atoms with Gasteiger partial charge in [0, 0.05) is 11.9 Å². The summed E-state index contributed by atoms with van der Waals surface area (Å²) in [7, 11) is -6.49. The van der Waals surface area contributed by atoms with Gasteiger partial charge in [0.1, 0.15) is 0 Å². The number of nitrogens with one attached hydrogen (secondary N) is 1. The quantitative estimate of drug-likeness (QED) is 0.882. The summed E-state index contributed by atoms with van der Waals surface area (Å²) in [4.78, 5) is 12.2. The van der Waals surface area contributed by atoms with Gasteiger partial charge in [-0.2, -0.15) is 0 Å². The van der Waals surface area contributed by atoms with Gasteiger partial charge in [-0.05, 0) is 31.0 Å². The number of benzene rings is 1. The zero-order valence-corrected chi connectivity index (χ0v) is 13.4. The minimum atomic E-state index is -3.36. The van der Waals surface area contributed by atoms with E-state index < -0.39 is 25.6 Å². The van der Waals surface area contributed by atoms with Crippen LogP contribution in [0.2, 0.25) is 0 Å². The Kier molecular flexibility index (Phi) is 4.12. The van der Waals surface area contributed by atoms with Crippen LogP contribution in [0.4, 0.5) is 5.69 Å². The number of rotatable bonds is 3. The number of hydrogen-bond donors (Lipinski definition) is 1. The predicted molar refractivity (Wildman–Crippen MR) is 79.7 cm³/mol. The molecule has 1 N–H and O–H groups in total. The Morgan fingerprint density at radius 3 is 2.52 bits per heavy atom. The maximum absolute atomic E-state index is 12.1. The van der Waals surface area contributed by atoms with Crippen LogP contribution in [0.25, 0.3) is 0 Å². The molecule has 1 saturated heterocycles. The lowest BCUT2D eigenvalue weighted by atomic mass is 10.1. The lowest BCUT2D eigenvalue weighted by Crippen LogP contribution is -2.24. The van der Waals surface area contributed by atoms with Crippen molar-refractivity contribution in [2.24, 2.45) is 5.92 Å². The first-order chi connectivity index (χ1) is 9.58. The monoisotopic (exact) mass is 331 g/mol. The van der Waals surface area contributed by atoms with Crippen LogP contribution in [-0.2, 0) is 24.5 Å². The van der Waals surface area contributed by atoms with Crippen molar-refractivity contribution in [2.45, 2.75) is 18.2 Å². The van der Waals surface area contributed by atoms with Crippen molar-refractivity contribution in [1.29, 1.82) is 0 Å². The zero-order chi connectivity index (χ0) is 15.8. The molecule has 2 rings (SSSR count). The van der Waals surface area contributed by atoms with Gasteiger partial charge in [0.25, 0.3) is 0 Å². The summed E-state index contributed by atoms with van der Waals surface area (Å²) < 4.78 is 45.8. The molecule has 1 heterocycles. The Morgan fingerprint density at radius 1 is 1.33 bits per heavy atom. The molecule has 0 aromatic heterocycles. The molecule has 0 unspecified atom stereocenters. The van der Waals surface area contributed by atoms with Gasteiger partial charge in [-0.15, -0.1) is 0 Å². The predicted octanol–water partition coefficient (Wildman–Crippen LogP) is 0.772. The van der Waals surface area contributed by atoms with Crippen molar-refractivity contribution in [3.8, 4) is 0 Å². The second-order valence-electron chi connectivity index (χ2n) is 5.34. The largest absolute Gasteiger partial charge is 0.326 e. The molecular formula is C13H17NO5S2. The Labute approximate surface area is 124 Å². The van der Waals surface area contributed by atoms with Crippen LogP contribution in [0.15, 0.2) is 23.1 Å². The van der Waals surface area contributed by atoms with E-state index >= 15 is 0 Å². The molecule has 0 radical (unpaired) electrons. The van der Waals surface area contributed by atoms with E-state index in [2.05, 4.69) is 5.32 Å². The van der Waals surface area contributed by atoms with E-state index in [-0.39, 0.29) is 22.3 Å². The maximum Gasteiger partial charge on any atom is 0.228 e. The highest BCUT2D eigenvalue weighted by atomic mass is 32.2. The maximum atomic E-state index is 12.1. The van der Waals surface area contributed by atoms with Gasteiger partial charge in [0.05, 0.1) is 22.3 Å². The summed E-state index contributed by atoms with van der Waals surface area (Å²) in [6.07, 6.45) is 1.39. The van der Waals surface area contributed by atoms with Gasteiger partial charge in [-0.1, -0.05) is 6.07 Å². The Hall–Kier alpha value is -1.41. The molecule has 1 aromatic carbocycles. The molecule has 0 aliphatic carbocycles. The van der Waals surface area contributed by atoms with Gasteiger partial charge >= 0.3 is 0 Å². The molecule has 0 saturated carbocycles. The highest BCUT2D eigenvalue weighted by Gasteiger charge is 2.33. The third kappa shape index (κ3) is 3.82. The molecule has 116 valence electrons. The third-order valence-corrected chi connectivity index (χ3v) is 6.38. The van der Waals surface area contributed by atoms with Crippen molar-refractivity contribution in [1.82, 2.24) is 0 Å². The first kappa shape index (κ1) is 16.0. The van der Waals surface area contributed by atoms with Gasteiger partial charge < -0.3 is 5.32 Å². The molecule has 1 atom stereocenters. The minimum Gasteiger partial charge on any atom is -0.326 e. The number of anilines is 1. The fraction of sp³-hybridized carbons (Fsp3) is 0.462. The van der Waals surface area contributed by atoms with E-state index in [1.165, 1.54) is 12.1 Å². The molecule has 0 spiro atoms. The summed E-state index contributed by atoms with van der Waals surface area (Å²) in [5, 5.41) is 2.63. The number of aryl methyl sites for hydroxylation is 1. The van der Waals surface area contributed by atoms with Crippen LogP contribution in [-0.4, -0.2) is 40.5 Å². The van der Waals surface area contributed by atoms with E-state index in [0.29, 0.717) is 12.1 Å². The van der Waals surface area contributed by atoms with Gasteiger partial charge in [-0.25, -0.2) is 16.8 Å². The average molecular weight is 331 g/mol. The molecule has 1 fully saturated rings. The van der Waals surface area contributed by atoms with Crippen molar-refractivity contribution in [3.05, 3.63) is 23.8 Å². The van der Waals surface area contributed by atoms with E-state index in [1.54, 1.807) is 13.0 Å². The summed E-state index contributed by atoms with van der Waals surface area (Å²) in [5.41, 5.74) is 1.11. The Morgan fingerprint density at radius 2 is 2.00 bits per heavy atom. The smallest absolute Gasteiger partial charge is 0.228 e. The summed E-state index contributed by atoms with van der Waals surface area (Å²) in [5.74, 6) is -1.09. The van der Waals surface area contributed by atoms with Crippen LogP contribution in [0, 0.1) is 12.8 Å². The van der Waals surface area contributed by atoms with Crippen molar-refractivity contribution in [3.63, 3.8) is 0 Å². The topological polar surface area (TPSA) is 97.4 Å². The van der Waals surface area contributed by atoms with Crippen LogP contribution in [0.1, 0.15) is 12.0 Å². The molecule has 6 nitrogen and oxygen atoms in total. The number of carbonyl (C=O) groups excluding carboxylic acids is 1. The standard InChI is InChI=1S/C13H17NO5S2/c1-9-3-4-11(20(2,16)17)7-12(9)14-13(15)10-5-6-21(18,19)8-10/h3-4,7,10H,5-6,8H2,1-2H3,(H,14,15)/t10-/m0/s1. The molecule has 8 heteroatoms. The summed E-state index contributed by atoms with van der Waals surface area (Å²) in [6, 6.07) is 4.48.